The molecule has 0 aromatic heterocycles. The first kappa shape index (κ1) is 15.0. The van der Waals surface area contributed by atoms with Gasteiger partial charge < -0.3 is 19.5 Å². The molecule has 8 nitrogen and oxygen atoms in total. The number of ether oxygens (including phenoxy) is 3. The van der Waals surface area contributed by atoms with Gasteiger partial charge in [-0.3, -0.25) is 0 Å². The van der Waals surface area contributed by atoms with Crippen LogP contribution in [-0.4, -0.2) is 32.5 Å². The predicted molar refractivity (Wildman–Crippen MR) is 74.0 cm³/mol. The fourth-order valence-electron chi connectivity index (χ4n) is 1.96. The highest BCUT2D eigenvalue weighted by atomic mass is 16.7. The zero-order valence-electron chi connectivity index (χ0n) is 11.6. The molecule has 1 heterocycles. The van der Waals surface area contributed by atoms with Gasteiger partial charge in [0.05, 0.1) is 6.61 Å². The van der Waals surface area contributed by atoms with E-state index in [2.05, 4.69) is 15.3 Å². The van der Waals surface area contributed by atoms with Crippen LogP contribution >= 0.6 is 0 Å². The van der Waals surface area contributed by atoms with Gasteiger partial charge in [-0.15, -0.1) is 0 Å². The van der Waals surface area contributed by atoms with Crippen molar-refractivity contribution in [1.29, 1.82) is 0 Å². The highest BCUT2D eigenvalue weighted by Gasteiger charge is 2.24. The minimum absolute atomic E-state index is 0.174. The fraction of sp³-hybridized carbons (Fsp3) is 0.462. The van der Waals surface area contributed by atoms with Crippen LogP contribution in [0.2, 0.25) is 0 Å². The first-order chi connectivity index (χ1) is 10.3. The molecule has 8 heteroatoms. The van der Waals surface area contributed by atoms with Gasteiger partial charge in [0.1, 0.15) is 6.04 Å². The van der Waals surface area contributed by atoms with Crippen LogP contribution in [0.1, 0.15) is 18.5 Å². The maximum absolute atomic E-state index is 12.0. The van der Waals surface area contributed by atoms with Gasteiger partial charge in [0.2, 0.25) is 6.79 Å². The number of carbonyl (C=O) groups is 1. The average molecular weight is 292 g/mol. The second-order valence-electron chi connectivity index (χ2n) is 4.21. The molecule has 0 aliphatic carbocycles. The number of hydrogen-bond donors (Lipinski definition) is 1. The van der Waals surface area contributed by atoms with Gasteiger partial charge in [-0.2, -0.15) is 0 Å². The monoisotopic (exact) mass is 292 g/mol. The number of rotatable bonds is 7. The molecule has 1 atom stereocenters. The van der Waals surface area contributed by atoms with Crippen LogP contribution < -0.4 is 14.8 Å². The molecule has 21 heavy (non-hydrogen) atoms. The summed E-state index contributed by atoms with van der Waals surface area (Å²) >= 11 is 0. The lowest BCUT2D eigenvalue weighted by Gasteiger charge is -2.17. The molecule has 0 saturated heterocycles. The third-order valence-corrected chi connectivity index (χ3v) is 2.88. The molecule has 0 spiro atoms. The van der Waals surface area contributed by atoms with Gasteiger partial charge in [0, 0.05) is 18.0 Å². The summed E-state index contributed by atoms with van der Waals surface area (Å²) < 4.78 is 15.6. The molecule has 0 saturated carbocycles. The summed E-state index contributed by atoms with van der Waals surface area (Å²) in [4.78, 5) is 14.7. The van der Waals surface area contributed by atoms with E-state index in [1.807, 2.05) is 0 Å². The zero-order chi connectivity index (χ0) is 15.1. The van der Waals surface area contributed by atoms with Crippen molar-refractivity contribution >= 4 is 5.97 Å². The second kappa shape index (κ2) is 7.37. The fourth-order valence-corrected chi connectivity index (χ4v) is 1.96. The van der Waals surface area contributed by atoms with Crippen molar-refractivity contribution in [3.63, 3.8) is 0 Å². The Hall–Kier alpha value is -2.44. The summed E-state index contributed by atoms with van der Waals surface area (Å²) in [6.45, 7) is 2.82. The van der Waals surface area contributed by atoms with Crippen LogP contribution in [0.3, 0.4) is 0 Å². The zero-order valence-corrected chi connectivity index (χ0v) is 11.6. The van der Waals surface area contributed by atoms with Crippen LogP contribution in [0.25, 0.3) is 10.4 Å². The molecule has 1 aromatic rings. The van der Waals surface area contributed by atoms with Crippen molar-refractivity contribution in [2.24, 2.45) is 5.11 Å². The summed E-state index contributed by atoms with van der Waals surface area (Å²) in [7, 11) is 0. The number of esters is 1. The predicted octanol–water partition coefficient (Wildman–Crippen LogP) is 1.92. The van der Waals surface area contributed by atoms with Crippen molar-refractivity contribution < 1.29 is 19.0 Å². The van der Waals surface area contributed by atoms with Crippen molar-refractivity contribution in [2.75, 3.05) is 26.5 Å². The molecule has 1 unspecified atom stereocenters. The summed E-state index contributed by atoms with van der Waals surface area (Å²) in [5.41, 5.74) is 8.96. The molecule has 2 rings (SSSR count). The third-order valence-electron chi connectivity index (χ3n) is 2.88. The average Bonchev–Trinajstić information content (AvgIpc) is 2.95. The first-order valence-electron chi connectivity index (χ1n) is 6.56. The van der Waals surface area contributed by atoms with E-state index in [1.165, 1.54) is 0 Å². The maximum Gasteiger partial charge on any atom is 0.327 e. The lowest BCUT2D eigenvalue weighted by Crippen LogP contribution is -2.32. The van der Waals surface area contributed by atoms with Crippen LogP contribution in [-0.2, 0) is 9.53 Å². The molecular weight excluding hydrogens is 276 g/mol. The Morgan fingerprint density at radius 1 is 1.52 bits per heavy atom. The summed E-state index contributed by atoms with van der Waals surface area (Å²) in [5.74, 6) is 0.853. The number of carbonyl (C=O) groups excluding carboxylic acids is 1. The number of benzene rings is 1. The van der Waals surface area contributed by atoms with Crippen molar-refractivity contribution in [3.8, 4) is 11.5 Å². The standard InChI is InChI=1S/C13H16N4O4/c1-2-19-13(18)12(15-5-6-16-17-14)9-3-4-10-11(7-9)21-8-20-10/h3-4,7,12,15H,2,5-6,8H2,1H3. The van der Waals surface area contributed by atoms with E-state index < -0.39 is 12.0 Å². The van der Waals surface area contributed by atoms with Gasteiger partial charge in [-0.05, 0) is 30.2 Å². The molecule has 0 bridgehead atoms. The highest BCUT2D eigenvalue weighted by molar-refractivity contribution is 5.78. The van der Waals surface area contributed by atoms with Crippen molar-refractivity contribution in [1.82, 2.24) is 5.32 Å². The molecule has 1 aliphatic heterocycles. The largest absolute Gasteiger partial charge is 0.465 e. The SMILES string of the molecule is CCOC(=O)C(NCCN=[N+]=[N-])c1ccc2c(c1)OCO2. The van der Waals surface area contributed by atoms with Crippen LogP contribution in [0.5, 0.6) is 11.5 Å². The summed E-state index contributed by atoms with van der Waals surface area (Å²) in [5, 5.41) is 6.43. The normalized spacial score (nSPS) is 13.4. The number of nitrogens with zero attached hydrogens (tertiary/aromatic N) is 3. The lowest BCUT2D eigenvalue weighted by atomic mass is 10.1. The summed E-state index contributed by atoms with van der Waals surface area (Å²) in [6.07, 6.45) is 0. The lowest BCUT2D eigenvalue weighted by molar-refractivity contribution is -0.145. The van der Waals surface area contributed by atoms with Gasteiger partial charge in [0.15, 0.2) is 11.5 Å². The van der Waals surface area contributed by atoms with E-state index in [9.17, 15) is 4.79 Å². The molecule has 0 fully saturated rings. The third kappa shape index (κ3) is 3.77. The Bertz CT molecular complexity index is 557. The number of fused-ring (bicyclic) bond motifs is 1. The van der Waals surface area contributed by atoms with Crippen molar-refractivity contribution in [2.45, 2.75) is 13.0 Å². The topological polar surface area (TPSA) is 106 Å². The maximum atomic E-state index is 12.0. The Kier molecular flexibility index (Phi) is 5.25. The molecule has 112 valence electrons. The van der Waals surface area contributed by atoms with Gasteiger partial charge in [0.25, 0.3) is 0 Å². The van der Waals surface area contributed by atoms with Gasteiger partial charge in [-0.1, -0.05) is 11.2 Å². The van der Waals surface area contributed by atoms with E-state index in [-0.39, 0.29) is 19.9 Å². The molecular formula is C13H16N4O4. The Balaban J connectivity index is 2.13. The Morgan fingerprint density at radius 3 is 3.10 bits per heavy atom. The highest BCUT2D eigenvalue weighted by Crippen LogP contribution is 2.34. The van der Waals surface area contributed by atoms with E-state index in [0.29, 0.717) is 23.6 Å². The van der Waals surface area contributed by atoms with E-state index in [0.717, 1.165) is 0 Å². The van der Waals surface area contributed by atoms with Crippen LogP contribution in [0, 0.1) is 0 Å². The van der Waals surface area contributed by atoms with Gasteiger partial charge >= 0.3 is 5.97 Å². The van der Waals surface area contributed by atoms with Crippen LogP contribution in [0.15, 0.2) is 23.3 Å². The van der Waals surface area contributed by atoms with Crippen molar-refractivity contribution in [3.05, 3.63) is 34.2 Å². The molecule has 1 aliphatic rings. The Labute approximate surface area is 121 Å². The smallest absolute Gasteiger partial charge is 0.327 e. The van der Waals surface area contributed by atoms with E-state index >= 15 is 0 Å². The number of azide groups is 1. The number of nitrogens with one attached hydrogen (secondary N) is 1. The van der Waals surface area contributed by atoms with E-state index in [1.54, 1.807) is 25.1 Å². The minimum Gasteiger partial charge on any atom is -0.465 e. The second-order valence-corrected chi connectivity index (χ2v) is 4.21. The molecule has 0 amide bonds. The van der Waals surface area contributed by atoms with Crippen LogP contribution in [0.4, 0.5) is 0 Å². The van der Waals surface area contributed by atoms with E-state index in [4.69, 9.17) is 19.7 Å². The Morgan fingerprint density at radius 2 is 2.33 bits per heavy atom. The number of hydrogen-bond acceptors (Lipinski definition) is 6. The van der Waals surface area contributed by atoms with Gasteiger partial charge in [-0.25, -0.2) is 4.79 Å². The molecule has 1 aromatic carbocycles. The molecule has 1 N–H and O–H groups in total. The minimum atomic E-state index is -0.645. The quantitative estimate of drug-likeness (QED) is 0.272. The first-order valence-corrected chi connectivity index (χ1v) is 6.56. The molecule has 0 radical (unpaired) electrons. The summed E-state index contributed by atoms with van der Waals surface area (Å²) in [6, 6.07) is 4.62.